The molecule has 0 radical (unpaired) electrons. The summed E-state index contributed by atoms with van der Waals surface area (Å²) in [5, 5.41) is 13.1. The van der Waals surface area contributed by atoms with Gasteiger partial charge in [-0.1, -0.05) is 36.4 Å². The average molecular weight is 230 g/mol. The van der Waals surface area contributed by atoms with Crippen molar-refractivity contribution in [2.45, 2.75) is 6.04 Å². The highest BCUT2D eigenvalue weighted by Crippen LogP contribution is 2.18. The van der Waals surface area contributed by atoms with Gasteiger partial charge in [-0.15, -0.1) is 0 Å². The SMILES string of the molecule is NC(CNC(=O)O)c1ccc2ccccc2c1. The van der Waals surface area contributed by atoms with Crippen LogP contribution in [0.4, 0.5) is 4.79 Å². The summed E-state index contributed by atoms with van der Waals surface area (Å²) < 4.78 is 0. The summed E-state index contributed by atoms with van der Waals surface area (Å²) in [4.78, 5) is 10.4. The van der Waals surface area contributed by atoms with E-state index in [1.165, 1.54) is 0 Å². The minimum Gasteiger partial charge on any atom is -0.465 e. The van der Waals surface area contributed by atoms with Crippen LogP contribution in [-0.2, 0) is 0 Å². The molecule has 88 valence electrons. The summed E-state index contributed by atoms with van der Waals surface area (Å²) in [6.07, 6.45) is -1.05. The zero-order valence-electron chi connectivity index (χ0n) is 9.26. The Labute approximate surface area is 99.1 Å². The lowest BCUT2D eigenvalue weighted by Gasteiger charge is -2.12. The topological polar surface area (TPSA) is 75.3 Å². The van der Waals surface area contributed by atoms with Crippen molar-refractivity contribution < 1.29 is 9.90 Å². The van der Waals surface area contributed by atoms with E-state index in [1.807, 2.05) is 42.5 Å². The molecule has 1 unspecified atom stereocenters. The molecule has 0 fully saturated rings. The number of fused-ring (bicyclic) bond motifs is 1. The predicted octanol–water partition coefficient (Wildman–Crippen LogP) is 2.11. The lowest BCUT2D eigenvalue weighted by Crippen LogP contribution is -2.30. The van der Waals surface area contributed by atoms with Crippen LogP contribution in [0, 0.1) is 0 Å². The molecule has 0 spiro atoms. The van der Waals surface area contributed by atoms with E-state index in [-0.39, 0.29) is 12.6 Å². The number of hydrogen-bond acceptors (Lipinski definition) is 2. The van der Waals surface area contributed by atoms with Crippen LogP contribution in [0.2, 0.25) is 0 Å². The zero-order valence-corrected chi connectivity index (χ0v) is 9.26. The third kappa shape index (κ3) is 2.73. The first-order chi connectivity index (χ1) is 8.16. The summed E-state index contributed by atoms with van der Waals surface area (Å²) in [6, 6.07) is 13.6. The average Bonchev–Trinajstić information content (AvgIpc) is 2.35. The van der Waals surface area contributed by atoms with E-state index in [2.05, 4.69) is 5.32 Å². The van der Waals surface area contributed by atoms with Gasteiger partial charge in [0, 0.05) is 12.6 Å². The van der Waals surface area contributed by atoms with Gasteiger partial charge in [0.15, 0.2) is 0 Å². The fraction of sp³-hybridized carbons (Fsp3) is 0.154. The second-order valence-corrected chi connectivity index (χ2v) is 3.90. The molecule has 2 aromatic carbocycles. The minimum atomic E-state index is -1.05. The molecule has 1 atom stereocenters. The molecule has 0 aromatic heterocycles. The molecule has 2 aromatic rings. The Kier molecular flexibility index (Phi) is 3.25. The minimum absolute atomic E-state index is 0.216. The van der Waals surface area contributed by atoms with Crippen molar-refractivity contribution in [3.8, 4) is 0 Å². The number of carbonyl (C=O) groups is 1. The van der Waals surface area contributed by atoms with E-state index in [0.29, 0.717) is 0 Å². The van der Waals surface area contributed by atoms with Crippen LogP contribution < -0.4 is 11.1 Å². The molecule has 4 nitrogen and oxygen atoms in total. The van der Waals surface area contributed by atoms with Crippen molar-refractivity contribution in [3.63, 3.8) is 0 Å². The highest BCUT2D eigenvalue weighted by atomic mass is 16.4. The Bertz CT molecular complexity index is 540. The molecular weight excluding hydrogens is 216 g/mol. The maximum Gasteiger partial charge on any atom is 0.404 e. The van der Waals surface area contributed by atoms with E-state index in [0.717, 1.165) is 16.3 Å². The molecule has 4 heteroatoms. The summed E-state index contributed by atoms with van der Waals surface area (Å²) in [7, 11) is 0. The largest absolute Gasteiger partial charge is 0.465 e. The Morgan fingerprint density at radius 1 is 1.24 bits per heavy atom. The van der Waals surface area contributed by atoms with Crippen molar-refractivity contribution in [1.29, 1.82) is 0 Å². The van der Waals surface area contributed by atoms with E-state index in [4.69, 9.17) is 10.8 Å². The van der Waals surface area contributed by atoms with Gasteiger partial charge in [-0.2, -0.15) is 0 Å². The standard InChI is InChI=1S/C13H14N2O2/c14-12(8-15-13(16)17)11-6-5-9-3-1-2-4-10(9)7-11/h1-7,12,15H,8,14H2,(H,16,17). The Balaban J connectivity index is 2.20. The van der Waals surface area contributed by atoms with Gasteiger partial charge in [0.25, 0.3) is 0 Å². The normalized spacial score (nSPS) is 12.3. The van der Waals surface area contributed by atoms with Crippen LogP contribution >= 0.6 is 0 Å². The number of nitrogens with one attached hydrogen (secondary N) is 1. The number of amides is 1. The highest BCUT2D eigenvalue weighted by Gasteiger charge is 2.07. The maximum absolute atomic E-state index is 10.4. The van der Waals surface area contributed by atoms with Crippen LogP contribution in [0.5, 0.6) is 0 Å². The molecular formula is C13H14N2O2. The van der Waals surface area contributed by atoms with Crippen LogP contribution in [0.15, 0.2) is 42.5 Å². The number of nitrogens with two attached hydrogens (primary N) is 1. The summed E-state index contributed by atoms with van der Waals surface area (Å²) in [5.41, 5.74) is 6.84. The summed E-state index contributed by atoms with van der Waals surface area (Å²) >= 11 is 0. The second-order valence-electron chi connectivity index (χ2n) is 3.90. The fourth-order valence-corrected chi connectivity index (χ4v) is 1.75. The predicted molar refractivity (Wildman–Crippen MR) is 66.9 cm³/mol. The molecule has 0 aliphatic heterocycles. The molecule has 4 N–H and O–H groups in total. The Morgan fingerprint density at radius 3 is 2.65 bits per heavy atom. The van der Waals surface area contributed by atoms with E-state index < -0.39 is 6.09 Å². The van der Waals surface area contributed by atoms with E-state index in [9.17, 15) is 4.79 Å². The molecule has 2 rings (SSSR count). The zero-order chi connectivity index (χ0) is 12.3. The first kappa shape index (κ1) is 11.4. The molecule has 0 aliphatic rings. The smallest absolute Gasteiger partial charge is 0.404 e. The Hall–Kier alpha value is -2.07. The lowest BCUT2D eigenvalue weighted by molar-refractivity contribution is 0.193. The van der Waals surface area contributed by atoms with Gasteiger partial charge >= 0.3 is 6.09 Å². The van der Waals surface area contributed by atoms with Gasteiger partial charge in [-0.05, 0) is 22.4 Å². The van der Waals surface area contributed by atoms with Gasteiger partial charge in [-0.3, -0.25) is 0 Å². The fourth-order valence-electron chi connectivity index (χ4n) is 1.75. The van der Waals surface area contributed by atoms with Crippen LogP contribution in [-0.4, -0.2) is 17.7 Å². The monoisotopic (exact) mass is 230 g/mol. The van der Waals surface area contributed by atoms with Crippen molar-refractivity contribution in [3.05, 3.63) is 48.0 Å². The molecule has 0 heterocycles. The van der Waals surface area contributed by atoms with Gasteiger partial charge in [-0.25, -0.2) is 4.79 Å². The molecule has 0 saturated carbocycles. The molecule has 17 heavy (non-hydrogen) atoms. The third-order valence-corrected chi connectivity index (χ3v) is 2.67. The van der Waals surface area contributed by atoms with E-state index in [1.54, 1.807) is 0 Å². The number of benzene rings is 2. The summed E-state index contributed by atoms with van der Waals surface area (Å²) in [6.45, 7) is 0.216. The molecule has 1 amide bonds. The summed E-state index contributed by atoms with van der Waals surface area (Å²) in [5.74, 6) is 0. The quantitative estimate of drug-likeness (QED) is 0.755. The van der Waals surface area contributed by atoms with Crippen molar-refractivity contribution >= 4 is 16.9 Å². The number of hydrogen-bond donors (Lipinski definition) is 3. The molecule has 0 aliphatic carbocycles. The lowest BCUT2D eigenvalue weighted by atomic mass is 10.0. The van der Waals surface area contributed by atoms with Crippen LogP contribution in [0.1, 0.15) is 11.6 Å². The first-order valence-corrected chi connectivity index (χ1v) is 5.38. The van der Waals surface area contributed by atoms with Crippen LogP contribution in [0.3, 0.4) is 0 Å². The number of carboxylic acid groups (broad SMARTS) is 1. The molecule has 0 bridgehead atoms. The van der Waals surface area contributed by atoms with E-state index >= 15 is 0 Å². The van der Waals surface area contributed by atoms with Crippen molar-refractivity contribution in [2.24, 2.45) is 5.73 Å². The first-order valence-electron chi connectivity index (χ1n) is 5.38. The van der Waals surface area contributed by atoms with Gasteiger partial charge in [0.2, 0.25) is 0 Å². The maximum atomic E-state index is 10.4. The van der Waals surface area contributed by atoms with Crippen LogP contribution in [0.25, 0.3) is 10.8 Å². The molecule has 0 saturated heterocycles. The third-order valence-electron chi connectivity index (χ3n) is 2.67. The van der Waals surface area contributed by atoms with Gasteiger partial charge < -0.3 is 16.2 Å². The Morgan fingerprint density at radius 2 is 1.94 bits per heavy atom. The number of rotatable bonds is 3. The second kappa shape index (κ2) is 4.84. The van der Waals surface area contributed by atoms with Crippen molar-refractivity contribution in [1.82, 2.24) is 5.32 Å². The van der Waals surface area contributed by atoms with Crippen molar-refractivity contribution in [2.75, 3.05) is 6.54 Å². The highest BCUT2D eigenvalue weighted by molar-refractivity contribution is 5.83. The van der Waals surface area contributed by atoms with Gasteiger partial charge in [0.1, 0.15) is 0 Å². The van der Waals surface area contributed by atoms with Gasteiger partial charge in [0.05, 0.1) is 0 Å².